The van der Waals surface area contributed by atoms with Crippen LogP contribution >= 0.6 is 0 Å². The first-order chi connectivity index (χ1) is 13.5. The van der Waals surface area contributed by atoms with Crippen LogP contribution in [0.3, 0.4) is 0 Å². The third-order valence-electron chi connectivity index (χ3n) is 5.58. The van der Waals surface area contributed by atoms with E-state index in [4.69, 9.17) is 5.10 Å². The van der Waals surface area contributed by atoms with E-state index in [1.165, 1.54) is 29.7 Å². The number of hydrogen-bond acceptors (Lipinski definition) is 3. The molecule has 2 aromatic carbocycles. The van der Waals surface area contributed by atoms with Gasteiger partial charge in [-0.3, -0.25) is 4.90 Å². The van der Waals surface area contributed by atoms with Crippen LogP contribution in [0.1, 0.15) is 17.5 Å². The maximum Gasteiger partial charge on any atom is 0.123 e. The standard InChI is InChI=1S/C23H27FN4/c1-17-4-10-21(11-5-17)28-15-19(14-27-13-12-22(16-27)26(2)3)23(25-28)18-6-8-20(24)9-7-18/h4-11,15,22H,12-14,16H2,1-3H3/t22-/m1/s1. The van der Waals surface area contributed by atoms with Gasteiger partial charge < -0.3 is 4.90 Å². The average Bonchev–Trinajstić information content (AvgIpc) is 3.31. The first kappa shape index (κ1) is 18.8. The highest BCUT2D eigenvalue weighted by Crippen LogP contribution is 2.27. The summed E-state index contributed by atoms with van der Waals surface area (Å²) in [6.07, 6.45) is 3.30. The summed E-state index contributed by atoms with van der Waals surface area (Å²) in [7, 11) is 4.29. The zero-order valence-electron chi connectivity index (χ0n) is 16.8. The largest absolute Gasteiger partial charge is 0.305 e. The molecule has 1 saturated heterocycles. The first-order valence-corrected chi connectivity index (χ1v) is 9.80. The Morgan fingerprint density at radius 1 is 1.07 bits per heavy atom. The van der Waals surface area contributed by atoms with Gasteiger partial charge in [-0.1, -0.05) is 17.7 Å². The lowest BCUT2D eigenvalue weighted by molar-refractivity contribution is 0.265. The van der Waals surface area contributed by atoms with Gasteiger partial charge in [0.25, 0.3) is 0 Å². The van der Waals surface area contributed by atoms with Crippen molar-refractivity contribution in [3.05, 3.63) is 71.7 Å². The Morgan fingerprint density at radius 2 is 1.79 bits per heavy atom. The second kappa shape index (κ2) is 7.86. The van der Waals surface area contributed by atoms with Gasteiger partial charge in [-0.15, -0.1) is 0 Å². The van der Waals surface area contributed by atoms with E-state index >= 15 is 0 Å². The van der Waals surface area contributed by atoms with Gasteiger partial charge >= 0.3 is 0 Å². The molecule has 4 rings (SSSR count). The summed E-state index contributed by atoms with van der Waals surface area (Å²) in [6.45, 7) is 5.08. The highest BCUT2D eigenvalue weighted by Gasteiger charge is 2.25. The molecule has 0 aliphatic carbocycles. The molecule has 1 aromatic heterocycles. The Morgan fingerprint density at radius 3 is 2.43 bits per heavy atom. The molecule has 1 fully saturated rings. The summed E-state index contributed by atoms with van der Waals surface area (Å²) in [5.41, 5.74) is 5.31. The molecule has 1 aliphatic heterocycles. The minimum atomic E-state index is -0.225. The number of likely N-dealkylation sites (N-methyl/N-ethyl adjacent to an activating group) is 1. The highest BCUT2D eigenvalue weighted by atomic mass is 19.1. The van der Waals surface area contributed by atoms with E-state index in [1.807, 2.05) is 16.8 Å². The maximum atomic E-state index is 13.4. The fourth-order valence-electron chi connectivity index (χ4n) is 3.82. The number of benzene rings is 2. The number of nitrogens with zero attached hydrogens (tertiary/aromatic N) is 4. The molecule has 0 unspecified atom stereocenters. The molecule has 0 bridgehead atoms. The molecule has 1 aliphatic rings. The predicted molar refractivity (Wildman–Crippen MR) is 111 cm³/mol. The SMILES string of the molecule is Cc1ccc(-n2cc(CN3CC[C@@H](N(C)C)C3)c(-c3ccc(F)cc3)n2)cc1. The quantitative estimate of drug-likeness (QED) is 0.667. The van der Waals surface area contributed by atoms with Crippen molar-refractivity contribution in [2.24, 2.45) is 0 Å². The Bertz CT molecular complexity index is 928. The summed E-state index contributed by atoms with van der Waals surface area (Å²) in [5.74, 6) is -0.225. The molecule has 0 radical (unpaired) electrons. The maximum absolute atomic E-state index is 13.4. The Balaban J connectivity index is 1.67. The monoisotopic (exact) mass is 378 g/mol. The fraction of sp³-hybridized carbons (Fsp3) is 0.348. The molecule has 146 valence electrons. The van der Waals surface area contributed by atoms with Gasteiger partial charge in [0.05, 0.1) is 11.4 Å². The van der Waals surface area contributed by atoms with Crippen molar-refractivity contribution < 1.29 is 4.39 Å². The molecule has 0 N–H and O–H groups in total. The number of rotatable bonds is 5. The van der Waals surface area contributed by atoms with Crippen molar-refractivity contribution in [1.29, 1.82) is 0 Å². The summed E-state index contributed by atoms with van der Waals surface area (Å²) in [4.78, 5) is 4.78. The van der Waals surface area contributed by atoms with Crippen molar-refractivity contribution in [3.8, 4) is 16.9 Å². The average molecular weight is 378 g/mol. The van der Waals surface area contributed by atoms with Crippen molar-refractivity contribution in [3.63, 3.8) is 0 Å². The van der Waals surface area contributed by atoms with E-state index in [1.54, 1.807) is 0 Å². The molecule has 3 aromatic rings. The lowest BCUT2D eigenvalue weighted by Gasteiger charge is -2.20. The van der Waals surface area contributed by atoms with Crippen LogP contribution in [0.2, 0.25) is 0 Å². The second-order valence-corrected chi connectivity index (χ2v) is 7.93. The zero-order valence-corrected chi connectivity index (χ0v) is 16.8. The molecule has 28 heavy (non-hydrogen) atoms. The second-order valence-electron chi connectivity index (χ2n) is 7.93. The number of aromatic nitrogens is 2. The highest BCUT2D eigenvalue weighted by molar-refractivity contribution is 5.63. The van der Waals surface area contributed by atoms with Crippen LogP contribution < -0.4 is 0 Å². The minimum Gasteiger partial charge on any atom is -0.305 e. The van der Waals surface area contributed by atoms with Gasteiger partial charge in [-0.05, 0) is 63.8 Å². The van der Waals surface area contributed by atoms with Crippen molar-refractivity contribution in [2.75, 3.05) is 27.2 Å². The Kier molecular flexibility index (Phi) is 5.29. The van der Waals surface area contributed by atoms with Gasteiger partial charge in [0.1, 0.15) is 5.82 Å². The molecule has 4 nitrogen and oxygen atoms in total. The molecular weight excluding hydrogens is 351 g/mol. The van der Waals surface area contributed by atoms with E-state index in [2.05, 4.69) is 61.3 Å². The summed E-state index contributed by atoms with van der Waals surface area (Å²) >= 11 is 0. The van der Waals surface area contributed by atoms with Crippen molar-refractivity contribution in [2.45, 2.75) is 25.9 Å². The molecule has 1 atom stereocenters. The lowest BCUT2D eigenvalue weighted by Crippen LogP contribution is -2.31. The number of halogens is 1. The van der Waals surface area contributed by atoms with Crippen LogP contribution in [0, 0.1) is 12.7 Å². The predicted octanol–water partition coefficient (Wildman–Crippen LogP) is 4.12. The number of hydrogen-bond donors (Lipinski definition) is 0. The van der Waals surface area contributed by atoms with Crippen LogP contribution in [0.4, 0.5) is 4.39 Å². The fourth-order valence-corrected chi connectivity index (χ4v) is 3.82. The van der Waals surface area contributed by atoms with E-state index in [0.717, 1.165) is 36.6 Å². The van der Waals surface area contributed by atoms with Crippen molar-refractivity contribution in [1.82, 2.24) is 19.6 Å². The van der Waals surface area contributed by atoms with Crippen molar-refractivity contribution >= 4 is 0 Å². The van der Waals surface area contributed by atoms with Crippen LogP contribution in [0.5, 0.6) is 0 Å². The lowest BCUT2D eigenvalue weighted by atomic mass is 10.1. The summed E-state index contributed by atoms with van der Waals surface area (Å²) in [5, 5.41) is 4.86. The van der Waals surface area contributed by atoms with E-state index in [0.29, 0.717) is 6.04 Å². The van der Waals surface area contributed by atoms with Crippen LogP contribution in [-0.2, 0) is 6.54 Å². The number of aryl methyl sites for hydroxylation is 1. The van der Waals surface area contributed by atoms with Gasteiger partial charge in [0.2, 0.25) is 0 Å². The van der Waals surface area contributed by atoms with E-state index < -0.39 is 0 Å². The van der Waals surface area contributed by atoms with E-state index in [9.17, 15) is 4.39 Å². The molecule has 0 saturated carbocycles. The van der Waals surface area contributed by atoms with E-state index in [-0.39, 0.29) is 5.82 Å². The third-order valence-corrected chi connectivity index (χ3v) is 5.58. The zero-order chi connectivity index (χ0) is 19.7. The topological polar surface area (TPSA) is 24.3 Å². The van der Waals surface area contributed by atoms with Crippen LogP contribution in [0.15, 0.2) is 54.7 Å². The summed E-state index contributed by atoms with van der Waals surface area (Å²) < 4.78 is 15.4. The van der Waals surface area contributed by atoms with Gasteiger partial charge in [0, 0.05) is 43.0 Å². The van der Waals surface area contributed by atoms with Gasteiger partial charge in [0.15, 0.2) is 0 Å². The third kappa shape index (κ3) is 4.01. The van der Waals surface area contributed by atoms with Gasteiger partial charge in [-0.25, -0.2) is 9.07 Å². The molecule has 0 amide bonds. The Hall–Kier alpha value is -2.50. The smallest absolute Gasteiger partial charge is 0.123 e. The molecular formula is C23H27FN4. The molecule has 5 heteroatoms. The van der Waals surface area contributed by atoms with Crippen LogP contribution in [0.25, 0.3) is 16.9 Å². The molecule has 2 heterocycles. The van der Waals surface area contributed by atoms with Gasteiger partial charge in [-0.2, -0.15) is 5.10 Å². The summed E-state index contributed by atoms with van der Waals surface area (Å²) in [6, 6.07) is 15.6. The minimum absolute atomic E-state index is 0.225. The number of likely N-dealkylation sites (tertiary alicyclic amines) is 1. The normalized spacial score (nSPS) is 17.5. The molecule has 0 spiro atoms. The van der Waals surface area contributed by atoms with Crippen LogP contribution in [-0.4, -0.2) is 52.8 Å². The first-order valence-electron chi connectivity index (χ1n) is 9.80. The Labute approximate surface area is 166 Å².